The lowest BCUT2D eigenvalue weighted by atomic mass is 10.2. The SMILES string of the molecule is COc1cc(NC(=O)C2CCCN2)cc(OC)c1OC. The largest absolute Gasteiger partial charge is 0.493 e. The molecule has 0 bridgehead atoms. The van der Waals surface area contributed by atoms with Gasteiger partial charge in [0, 0.05) is 17.8 Å². The highest BCUT2D eigenvalue weighted by molar-refractivity contribution is 5.95. The van der Waals surface area contributed by atoms with Crippen LogP contribution in [0.4, 0.5) is 5.69 Å². The van der Waals surface area contributed by atoms with Crippen molar-refractivity contribution in [3.63, 3.8) is 0 Å². The summed E-state index contributed by atoms with van der Waals surface area (Å²) in [5, 5.41) is 6.02. The van der Waals surface area contributed by atoms with Gasteiger partial charge in [-0.05, 0) is 19.4 Å². The number of carbonyl (C=O) groups excluding carboxylic acids is 1. The number of methoxy groups -OCH3 is 3. The molecule has 0 radical (unpaired) electrons. The Morgan fingerprint density at radius 3 is 2.30 bits per heavy atom. The molecular formula is C14H20N2O4. The van der Waals surface area contributed by atoms with Crippen LogP contribution in [-0.4, -0.2) is 39.8 Å². The van der Waals surface area contributed by atoms with Gasteiger partial charge in [-0.1, -0.05) is 0 Å². The van der Waals surface area contributed by atoms with Gasteiger partial charge in [-0.25, -0.2) is 0 Å². The van der Waals surface area contributed by atoms with Crippen LogP contribution >= 0.6 is 0 Å². The normalized spacial score (nSPS) is 17.6. The minimum atomic E-state index is -0.130. The van der Waals surface area contributed by atoms with Crippen LogP contribution in [0.3, 0.4) is 0 Å². The second-order valence-corrected chi connectivity index (χ2v) is 4.55. The van der Waals surface area contributed by atoms with E-state index < -0.39 is 0 Å². The molecule has 110 valence electrons. The van der Waals surface area contributed by atoms with E-state index in [2.05, 4.69) is 10.6 Å². The number of hydrogen-bond acceptors (Lipinski definition) is 5. The van der Waals surface area contributed by atoms with Gasteiger partial charge in [-0.2, -0.15) is 0 Å². The lowest BCUT2D eigenvalue weighted by molar-refractivity contribution is -0.117. The number of anilines is 1. The number of rotatable bonds is 5. The molecule has 0 aliphatic carbocycles. The zero-order chi connectivity index (χ0) is 14.5. The van der Waals surface area contributed by atoms with Crippen molar-refractivity contribution in [1.29, 1.82) is 0 Å². The summed E-state index contributed by atoms with van der Waals surface area (Å²) < 4.78 is 15.8. The molecule has 1 aromatic rings. The van der Waals surface area contributed by atoms with Crippen LogP contribution in [0.2, 0.25) is 0 Å². The Morgan fingerprint density at radius 1 is 1.20 bits per heavy atom. The summed E-state index contributed by atoms with van der Waals surface area (Å²) in [6.07, 6.45) is 1.88. The van der Waals surface area contributed by atoms with Gasteiger partial charge in [0.25, 0.3) is 0 Å². The maximum Gasteiger partial charge on any atom is 0.241 e. The maximum absolute atomic E-state index is 12.1. The molecule has 1 aliphatic heterocycles. The van der Waals surface area contributed by atoms with E-state index in [9.17, 15) is 4.79 Å². The molecular weight excluding hydrogens is 260 g/mol. The van der Waals surface area contributed by atoms with E-state index in [1.807, 2.05) is 0 Å². The van der Waals surface area contributed by atoms with Crippen LogP contribution in [-0.2, 0) is 4.79 Å². The summed E-state index contributed by atoms with van der Waals surface area (Å²) in [7, 11) is 4.63. The molecule has 0 spiro atoms. The Labute approximate surface area is 118 Å². The van der Waals surface area contributed by atoms with Gasteiger partial charge >= 0.3 is 0 Å². The Morgan fingerprint density at radius 2 is 1.85 bits per heavy atom. The molecule has 0 saturated carbocycles. The van der Waals surface area contributed by atoms with E-state index in [1.165, 1.54) is 0 Å². The van der Waals surface area contributed by atoms with Crippen molar-refractivity contribution in [3.8, 4) is 17.2 Å². The number of hydrogen-bond donors (Lipinski definition) is 2. The number of ether oxygens (including phenoxy) is 3. The monoisotopic (exact) mass is 280 g/mol. The smallest absolute Gasteiger partial charge is 0.241 e. The fourth-order valence-corrected chi connectivity index (χ4v) is 2.29. The van der Waals surface area contributed by atoms with Gasteiger partial charge in [0.15, 0.2) is 11.5 Å². The van der Waals surface area contributed by atoms with Gasteiger partial charge in [-0.15, -0.1) is 0 Å². The van der Waals surface area contributed by atoms with Crippen LogP contribution in [0, 0.1) is 0 Å². The molecule has 6 nitrogen and oxygen atoms in total. The number of carbonyl (C=O) groups is 1. The molecule has 1 unspecified atom stereocenters. The second-order valence-electron chi connectivity index (χ2n) is 4.55. The first-order valence-corrected chi connectivity index (χ1v) is 6.54. The molecule has 20 heavy (non-hydrogen) atoms. The molecule has 2 N–H and O–H groups in total. The summed E-state index contributed by atoms with van der Waals surface area (Å²) in [5.41, 5.74) is 0.623. The molecule has 1 aromatic carbocycles. The number of benzene rings is 1. The number of amides is 1. The van der Waals surface area contributed by atoms with Gasteiger partial charge < -0.3 is 24.8 Å². The average Bonchev–Trinajstić information content (AvgIpc) is 3.00. The molecule has 2 rings (SSSR count). The zero-order valence-electron chi connectivity index (χ0n) is 12.0. The summed E-state index contributed by atoms with van der Waals surface area (Å²) in [5.74, 6) is 1.49. The predicted octanol–water partition coefficient (Wildman–Crippen LogP) is 1.40. The maximum atomic E-state index is 12.1. The highest BCUT2D eigenvalue weighted by Gasteiger charge is 2.23. The quantitative estimate of drug-likeness (QED) is 0.853. The van der Waals surface area contributed by atoms with Gasteiger partial charge in [0.1, 0.15) is 0 Å². The third-order valence-corrected chi connectivity index (χ3v) is 3.31. The number of nitrogens with one attached hydrogen (secondary N) is 2. The van der Waals surface area contributed by atoms with E-state index in [4.69, 9.17) is 14.2 Å². The molecule has 1 aliphatic rings. The van der Waals surface area contributed by atoms with Gasteiger partial charge in [0.05, 0.1) is 27.4 Å². The Bertz CT molecular complexity index is 459. The Kier molecular flexibility index (Phi) is 4.68. The molecule has 1 heterocycles. The molecule has 6 heteroatoms. The Hall–Kier alpha value is -1.95. The van der Waals surface area contributed by atoms with E-state index in [1.54, 1.807) is 33.5 Å². The van der Waals surface area contributed by atoms with Gasteiger partial charge in [-0.3, -0.25) is 4.79 Å². The van der Waals surface area contributed by atoms with Crippen LogP contribution in [0.1, 0.15) is 12.8 Å². The zero-order valence-corrected chi connectivity index (χ0v) is 12.0. The van der Waals surface area contributed by atoms with Crippen molar-refractivity contribution in [2.24, 2.45) is 0 Å². The van der Waals surface area contributed by atoms with E-state index in [-0.39, 0.29) is 11.9 Å². The highest BCUT2D eigenvalue weighted by Crippen LogP contribution is 2.39. The van der Waals surface area contributed by atoms with Crippen LogP contribution in [0.25, 0.3) is 0 Å². The van der Waals surface area contributed by atoms with Crippen molar-refractivity contribution < 1.29 is 19.0 Å². The van der Waals surface area contributed by atoms with E-state index >= 15 is 0 Å². The Balaban J connectivity index is 2.21. The topological polar surface area (TPSA) is 68.8 Å². The van der Waals surface area contributed by atoms with Crippen LogP contribution in [0.15, 0.2) is 12.1 Å². The highest BCUT2D eigenvalue weighted by atomic mass is 16.5. The minimum Gasteiger partial charge on any atom is -0.493 e. The van der Waals surface area contributed by atoms with Crippen molar-refractivity contribution in [1.82, 2.24) is 5.32 Å². The third-order valence-electron chi connectivity index (χ3n) is 3.31. The summed E-state index contributed by atoms with van der Waals surface area (Å²) >= 11 is 0. The first-order chi connectivity index (χ1) is 9.69. The van der Waals surface area contributed by atoms with E-state index in [0.29, 0.717) is 22.9 Å². The van der Waals surface area contributed by atoms with E-state index in [0.717, 1.165) is 19.4 Å². The first kappa shape index (κ1) is 14.5. The molecule has 1 fully saturated rings. The second kappa shape index (κ2) is 6.47. The summed E-state index contributed by atoms with van der Waals surface area (Å²) in [6, 6.07) is 3.30. The van der Waals surface area contributed by atoms with Crippen molar-refractivity contribution in [2.75, 3.05) is 33.2 Å². The predicted molar refractivity (Wildman–Crippen MR) is 75.8 cm³/mol. The minimum absolute atomic E-state index is 0.0447. The molecule has 1 amide bonds. The van der Waals surface area contributed by atoms with Gasteiger partial charge in [0.2, 0.25) is 11.7 Å². The fourth-order valence-electron chi connectivity index (χ4n) is 2.29. The van der Waals surface area contributed by atoms with Crippen LogP contribution < -0.4 is 24.8 Å². The molecule has 1 atom stereocenters. The van der Waals surface area contributed by atoms with Crippen LogP contribution in [0.5, 0.6) is 17.2 Å². The first-order valence-electron chi connectivity index (χ1n) is 6.54. The lowest BCUT2D eigenvalue weighted by Gasteiger charge is -2.16. The average molecular weight is 280 g/mol. The third kappa shape index (κ3) is 2.96. The van der Waals surface area contributed by atoms with Crippen molar-refractivity contribution in [2.45, 2.75) is 18.9 Å². The molecule has 0 aromatic heterocycles. The van der Waals surface area contributed by atoms with Crippen molar-refractivity contribution in [3.05, 3.63) is 12.1 Å². The summed E-state index contributed by atoms with van der Waals surface area (Å²) in [4.78, 5) is 12.1. The summed E-state index contributed by atoms with van der Waals surface area (Å²) in [6.45, 7) is 0.882. The lowest BCUT2D eigenvalue weighted by Crippen LogP contribution is -2.35. The molecule has 1 saturated heterocycles. The fraction of sp³-hybridized carbons (Fsp3) is 0.500. The van der Waals surface area contributed by atoms with Crippen molar-refractivity contribution >= 4 is 11.6 Å². The standard InChI is InChI=1S/C14H20N2O4/c1-18-11-7-9(8-12(19-2)13(11)20-3)16-14(17)10-5-4-6-15-10/h7-8,10,15H,4-6H2,1-3H3,(H,16,17).